The lowest BCUT2D eigenvalue weighted by Gasteiger charge is -2.29. The molecule has 0 radical (unpaired) electrons. The van der Waals surface area contributed by atoms with E-state index in [1.165, 1.54) is 0 Å². The lowest BCUT2D eigenvalue weighted by Crippen LogP contribution is -2.41. The van der Waals surface area contributed by atoms with E-state index in [9.17, 15) is 4.79 Å². The SMILES string of the molecule is CC(C)(C)OC(=O)NC[C@@H]1CCC[C@@H](CO)O1. The largest absolute Gasteiger partial charge is 0.444 e. The Bertz CT molecular complexity index is 249. The Morgan fingerprint density at radius 1 is 1.41 bits per heavy atom. The molecule has 1 aliphatic heterocycles. The number of carbonyl (C=O) groups is 1. The smallest absolute Gasteiger partial charge is 0.407 e. The molecule has 5 heteroatoms. The number of aliphatic hydroxyl groups is 1. The lowest BCUT2D eigenvalue weighted by molar-refractivity contribution is -0.0705. The van der Waals surface area contributed by atoms with Crippen molar-refractivity contribution in [2.75, 3.05) is 13.2 Å². The highest BCUT2D eigenvalue weighted by molar-refractivity contribution is 5.67. The van der Waals surface area contributed by atoms with E-state index < -0.39 is 11.7 Å². The molecule has 0 aliphatic carbocycles. The summed E-state index contributed by atoms with van der Waals surface area (Å²) in [5.74, 6) is 0. The highest BCUT2D eigenvalue weighted by Crippen LogP contribution is 2.18. The molecule has 0 aromatic carbocycles. The maximum Gasteiger partial charge on any atom is 0.407 e. The molecule has 1 rings (SSSR count). The van der Waals surface area contributed by atoms with Crippen molar-refractivity contribution in [2.24, 2.45) is 0 Å². The number of aliphatic hydroxyl groups excluding tert-OH is 1. The van der Waals surface area contributed by atoms with Crippen LogP contribution in [0, 0.1) is 0 Å². The predicted molar refractivity (Wildman–Crippen MR) is 63.8 cm³/mol. The van der Waals surface area contributed by atoms with Gasteiger partial charge in [-0.1, -0.05) is 0 Å². The van der Waals surface area contributed by atoms with Crippen LogP contribution in [0.1, 0.15) is 40.0 Å². The second-order valence-electron chi connectivity index (χ2n) is 5.38. The van der Waals surface area contributed by atoms with Gasteiger partial charge in [0.1, 0.15) is 5.60 Å². The van der Waals surface area contributed by atoms with Crippen LogP contribution in [0.3, 0.4) is 0 Å². The van der Waals surface area contributed by atoms with Crippen LogP contribution >= 0.6 is 0 Å². The summed E-state index contributed by atoms with van der Waals surface area (Å²) in [5.41, 5.74) is -0.481. The van der Waals surface area contributed by atoms with Crippen LogP contribution in [0.5, 0.6) is 0 Å². The van der Waals surface area contributed by atoms with Crippen molar-refractivity contribution in [1.29, 1.82) is 0 Å². The number of carbonyl (C=O) groups excluding carboxylic acids is 1. The number of rotatable bonds is 3. The van der Waals surface area contributed by atoms with E-state index in [1.54, 1.807) is 0 Å². The fourth-order valence-corrected chi connectivity index (χ4v) is 1.78. The number of nitrogens with one attached hydrogen (secondary N) is 1. The first kappa shape index (κ1) is 14.3. The molecular formula is C12H23NO4. The minimum Gasteiger partial charge on any atom is -0.444 e. The highest BCUT2D eigenvalue weighted by Gasteiger charge is 2.23. The zero-order chi connectivity index (χ0) is 12.9. The average molecular weight is 245 g/mol. The molecular weight excluding hydrogens is 222 g/mol. The summed E-state index contributed by atoms with van der Waals surface area (Å²) in [6, 6.07) is 0. The lowest BCUT2D eigenvalue weighted by atomic mass is 10.0. The van der Waals surface area contributed by atoms with Gasteiger partial charge < -0.3 is 19.9 Å². The van der Waals surface area contributed by atoms with E-state index >= 15 is 0 Å². The van der Waals surface area contributed by atoms with Crippen LogP contribution in [-0.2, 0) is 9.47 Å². The molecule has 0 saturated carbocycles. The molecule has 1 heterocycles. The molecule has 2 atom stereocenters. The zero-order valence-electron chi connectivity index (χ0n) is 10.9. The van der Waals surface area contributed by atoms with E-state index in [0.717, 1.165) is 19.3 Å². The van der Waals surface area contributed by atoms with Crippen molar-refractivity contribution in [3.63, 3.8) is 0 Å². The molecule has 2 N–H and O–H groups in total. The van der Waals surface area contributed by atoms with Gasteiger partial charge in [-0.15, -0.1) is 0 Å². The van der Waals surface area contributed by atoms with E-state index in [2.05, 4.69) is 5.32 Å². The summed E-state index contributed by atoms with van der Waals surface area (Å²) in [5, 5.41) is 11.7. The molecule has 0 bridgehead atoms. The van der Waals surface area contributed by atoms with Crippen LogP contribution in [0.15, 0.2) is 0 Å². The van der Waals surface area contributed by atoms with Crippen LogP contribution in [-0.4, -0.2) is 42.2 Å². The Balaban J connectivity index is 2.23. The van der Waals surface area contributed by atoms with Crippen molar-refractivity contribution in [3.8, 4) is 0 Å². The third-order valence-electron chi connectivity index (χ3n) is 2.51. The summed E-state index contributed by atoms with van der Waals surface area (Å²) in [7, 11) is 0. The second-order valence-corrected chi connectivity index (χ2v) is 5.38. The molecule has 0 aromatic rings. The second kappa shape index (κ2) is 6.21. The Labute approximate surface area is 102 Å². The molecule has 0 aromatic heterocycles. The van der Waals surface area contributed by atoms with E-state index in [1.807, 2.05) is 20.8 Å². The van der Waals surface area contributed by atoms with Crippen molar-refractivity contribution < 1.29 is 19.4 Å². The molecule has 1 saturated heterocycles. The average Bonchev–Trinajstić information content (AvgIpc) is 2.24. The maximum atomic E-state index is 11.4. The summed E-state index contributed by atoms with van der Waals surface area (Å²) in [6.07, 6.45) is 2.28. The normalized spacial score (nSPS) is 25.4. The predicted octanol–water partition coefficient (Wildman–Crippen LogP) is 1.44. The fraction of sp³-hybridized carbons (Fsp3) is 0.917. The van der Waals surface area contributed by atoms with Gasteiger partial charge in [-0.2, -0.15) is 0 Å². The van der Waals surface area contributed by atoms with Gasteiger partial charge in [-0.25, -0.2) is 4.79 Å². The van der Waals surface area contributed by atoms with Crippen molar-refractivity contribution in [2.45, 2.75) is 57.8 Å². The van der Waals surface area contributed by atoms with Crippen LogP contribution in [0.4, 0.5) is 4.79 Å². The number of amides is 1. The monoisotopic (exact) mass is 245 g/mol. The first-order valence-corrected chi connectivity index (χ1v) is 6.14. The highest BCUT2D eigenvalue weighted by atomic mass is 16.6. The van der Waals surface area contributed by atoms with Crippen molar-refractivity contribution in [1.82, 2.24) is 5.32 Å². The molecule has 5 nitrogen and oxygen atoms in total. The summed E-state index contributed by atoms with van der Waals surface area (Å²) in [6.45, 7) is 5.96. The Morgan fingerprint density at radius 2 is 2.06 bits per heavy atom. The minimum atomic E-state index is -0.481. The standard InChI is InChI=1S/C12H23NO4/c1-12(2,3)17-11(15)13-7-9-5-4-6-10(8-14)16-9/h9-10,14H,4-8H2,1-3H3,(H,13,15)/t9-,10-/m0/s1. The zero-order valence-corrected chi connectivity index (χ0v) is 10.9. The van der Waals surface area contributed by atoms with Gasteiger partial charge in [0, 0.05) is 6.54 Å². The fourth-order valence-electron chi connectivity index (χ4n) is 1.78. The van der Waals surface area contributed by atoms with Gasteiger partial charge in [-0.05, 0) is 40.0 Å². The third kappa shape index (κ3) is 5.89. The van der Waals surface area contributed by atoms with Crippen molar-refractivity contribution >= 4 is 6.09 Å². The molecule has 1 aliphatic rings. The van der Waals surface area contributed by atoms with Crippen LogP contribution < -0.4 is 5.32 Å². The van der Waals surface area contributed by atoms with E-state index in [-0.39, 0.29) is 18.8 Å². The number of hydrogen-bond donors (Lipinski definition) is 2. The van der Waals surface area contributed by atoms with Gasteiger partial charge in [0.25, 0.3) is 0 Å². The summed E-state index contributed by atoms with van der Waals surface area (Å²) >= 11 is 0. The number of ether oxygens (including phenoxy) is 2. The van der Waals surface area contributed by atoms with E-state index in [0.29, 0.717) is 6.54 Å². The van der Waals surface area contributed by atoms with Crippen molar-refractivity contribution in [3.05, 3.63) is 0 Å². The molecule has 17 heavy (non-hydrogen) atoms. The van der Waals surface area contributed by atoms with Gasteiger partial charge in [-0.3, -0.25) is 0 Å². The van der Waals surface area contributed by atoms with Gasteiger partial charge in [0.2, 0.25) is 0 Å². The van der Waals surface area contributed by atoms with Gasteiger partial charge in [0.05, 0.1) is 18.8 Å². The summed E-state index contributed by atoms with van der Waals surface area (Å²) in [4.78, 5) is 11.4. The third-order valence-corrected chi connectivity index (χ3v) is 2.51. The molecule has 1 fully saturated rings. The van der Waals surface area contributed by atoms with Gasteiger partial charge >= 0.3 is 6.09 Å². The molecule has 0 unspecified atom stereocenters. The first-order valence-electron chi connectivity index (χ1n) is 6.14. The quantitative estimate of drug-likeness (QED) is 0.789. The Kier molecular flexibility index (Phi) is 5.21. The van der Waals surface area contributed by atoms with Crippen LogP contribution in [0.25, 0.3) is 0 Å². The van der Waals surface area contributed by atoms with Crippen LogP contribution in [0.2, 0.25) is 0 Å². The Morgan fingerprint density at radius 3 is 2.65 bits per heavy atom. The van der Waals surface area contributed by atoms with Gasteiger partial charge in [0.15, 0.2) is 0 Å². The molecule has 1 amide bonds. The topological polar surface area (TPSA) is 67.8 Å². The minimum absolute atomic E-state index is 0.0200. The summed E-state index contributed by atoms with van der Waals surface area (Å²) < 4.78 is 10.7. The maximum absolute atomic E-state index is 11.4. The Hall–Kier alpha value is -0.810. The molecule has 100 valence electrons. The van der Waals surface area contributed by atoms with E-state index in [4.69, 9.17) is 14.6 Å². The number of hydrogen-bond acceptors (Lipinski definition) is 4. The molecule has 0 spiro atoms. The first-order chi connectivity index (χ1) is 7.90. The number of alkyl carbamates (subject to hydrolysis) is 1.